The highest BCUT2D eigenvalue weighted by Crippen LogP contribution is 2.31. The first-order valence-electron chi connectivity index (χ1n) is 5.30. The van der Waals surface area contributed by atoms with E-state index in [1.807, 2.05) is 0 Å². The van der Waals surface area contributed by atoms with E-state index in [0.717, 1.165) is 5.56 Å². The van der Waals surface area contributed by atoms with Crippen molar-refractivity contribution < 1.29 is 14.6 Å². The zero-order valence-corrected chi connectivity index (χ0v) is 10.5. The third-order valence-corrected chi connectivity index (χ3v) is 2.55. The van der Waals surface area contributed by atoms with E-state index in [0.29, 0.717) is 22.4 Å². The molecular weight excluding hydrogens is 254 g/mol. The van der Waals surface area contributed by atoms with Crippen molar-refractivity contribution in [1.29, 1.82) is 0 Å². The molecule has 1 heterocycles. The SMILES string of the molecule is COc1cc(CO)ccc1Oc1ccc(Cl)cn1. The molecule has 0 unspecified atom stereocenters. The quantitative estimate of drug-likeness (QED) is 0.923. The van der Waals surface area contributed by atoms with Gasteiger partial charge in [-0.2, -0.15) is 0 Å². The van der Waals surface area contributed by atoms with Gasteiger partial charge in [0, 0.05) is 12.3 Å². The summed E-state index contributed by atoms with van der Waals surface area (Å²) < 4.78 is 10.8. The van der Waals surface area contributed by atoms with Gasteiger partial charge < -0.3 is 14.6 Å². The number of nitrogens with zero attached hydrogens (tertiary/aromatic N) is 1. The number of hydrogen-bond acceptors (Lipinski definition) is 4. The molecule has 0 spiro atoms. The largest absolute Gasteiger partial charge is 0.493 e. The van der Waals surface area contributed by atoms with Crippen molar-refractivity contribution in [2.75, 3.05) is 7.11 Å². The summed E-state index contributed by atoms with van der Waals surface area (Å²) in [6.07, 6.45) is 1.51. The maximum atomic E-state index is 9.05. The van der Waals surface area contributed by atoms with Gasteiger partial charge in [0.1, 0.15) is 0 Å². The molecule has 0 saturated carbocycles. The Kier molecular flexibility index (Phi) is 4.02. The van der Waals surface area contributed by atoms with Crippen LogP contribution in [0.5, 0.6) is 17.4 Å². The lowest BCUT2D eigenvalue weighted by Crippen LogP contribution is -1.93. The molecule has 5 heteroatoms. The number of aliphatic hydroxyl groups excluding tert-OH is 1. The Morgan fingerprint density at radius 1 is 1.22 bits per heavy atom. The first-order chi connectivity index (χ1) is 8.72. The maximum Gasteiger partial charge on any atom is 0.219 e. The second-order valence-electron chi connectivity index (χ2n) is 3.56. The van der Waals surface area contributed by atoms with Crippen LogP contribution in [-0.2, 0) is 6.61 Å². The standard InChI is InChI=1S/C13H12ClNO3/c1-17-12-6-9(8-16)2-4-11(12)18-13-5-3-10(14)7-15-13/h2-7,16H,8H2,1H3. The van der Waals surface area contributed by atoms with Crippen LogP contribution in [-0.4, -0.2) is 17.2 Å². The molecule has 0 radical (unpaired) electrons. The highest BCUT2D eigenvalue weighted by Gasteiger charge is 2.07. The van der Waals surface area contributed by atoms with Crippen LogP contribution in [0.1, 0.15) is 5.56 Å². The molecule has 0 atom stereocenters. The molecule has 0 bridgehead atoms. The summed E-state index contributed by atoms with van der Waals surface area (Å²) >= 11 is 5.74. The molecule has 0 aliphatic heterocycles. The summed E-state index contributed by atoms with van der Waals surface area (Å²) in [6, 6.07) is 8.56. The Morgan fingerprint density at radius 3 is 2.67 bits per heavy atom. The van der Waals surface area contributed by atoms with Crippen LogP contribution >= 0.6 is 11.6 Å². The van der Waals surface area contributed by atoms with Gasteiger partial charge in [0.15, 0.2) is 11.5 Å². The Balaban J connectivity index is 2.25. The zero-order valence-electron chi connectivity index (χ0n) is 9.76. The molecule has 2 aromatic rings. The number of aromatic nitrogens is 1. The Morgan fingerprint density at radius 2 is 2.06 bits per heavy atom. The van der Waals surface area contributed by atoms with Crippen LogP contribution in [0.15, 0.2) is 36.5 Å². The van der Waals surface area contributed by atoms with Crippen molar-refractivity contribution in [3.8, 4) is 17.4 Å². The lowest BCUT2D eigenvalue weighted by molar-refractivity contribution is 0.280. The van der Waals surface area contributed by atoms with Crippen molar-refractivity contribution in [1.82, 2.24) is 4.98 Å². The predicted octanol–water partition coefficient (Wildman–Crippen LogP) is 3.03. The number of halogens is 1. The van der Waals surface area contributed by atoms with E-state index in [-0.39, 0.29) is 6.61 Å². The van der Waals surface area contributed by atoms with Crippen LogP contribution < -0.4 is 9.47 Å². The lowest BCUT2D eigenvalue weighted by Gasteiger charge is -2.10. The van der Waals surface area contributed by atoms with Crippen LogP contribution in [0.25, 0.3) is 0 Å². The topological polar surface area (TPSA) is 51.6 Å². The van der Waals surface area contributed by atoms with Crippen molar-refractivity contribution in [2.45, 2.75) is 6.61 Å². The Bertz CT molecular complexity index is 528. The molecule has 94 valence electrons. The summed E-state index contributed by atoms with van der Waals surface area (Å²) in [5.41, 5.74) is 0.753. The fourth-order valence-corrected chi connectivity index (χ4v) is 1.54. The van der Waals surface area contributed by atoms with Crippen molar-refractivity contribution >= 4 is 11.6 Å². The Labute approximate surface area is 110 Å². The minimum absolute atomic E-state index is 0.0458. The molecule has 0 aliphatic carbocycles. The molecule has 0 saturated heterocycles. The maximum absolute atomic E-state index is 9.05. The number of aliphatic hydroxyl groups is 1. The smallest absolute Gasteiger partial charge is 0.219 e. The van der Waals surface area contributed by atoms with Gasteiger partial charge in [-0.3, -0.25) is 0 Å². The minimum atomic E-state index is -0.0458. The highest BCUT2D eigenvalue weighted by atomic mass is 35.5. The van der Waals surface area contributed by atoms with E-state index in [9.17, 15) is 0 Å². The van der Waals surface area contributed by atoms with E-state index in [4.69, 9.17) is 26.2 Å². The van der Waals surface area contributed by atoms with Crippen molar-refractivity contribution in [3.63, 3.8) is 0 Å². The third kappa shape index (κ3) is 2.91. The molecule has 0 fully saturated rings. The second kappa shape index (κ2) is 5.71. The average Bonchev–Trinajstić information content (AvgIpc) is 2.41. The van der Waals surface area contributed by atoms with Crippen LogP contribution in [0, 0.1) is 0 Å². The summed E-state index contributed by atoms with van der Waals surface area (Å²) in [5.74, 6) is 1.50. The third-order valence-electron chi connectivity index (χ3n) is 2.33. The molecule has 18 heavy (non-hydrogen) atoms. The van der Waals surface area contributed by atoms with Gasteiger partial charge >= 0.3 is 0 Å². The van der Waals surface area contributed by atoms with Gasteiger partial charge in [0.2, 0.25) is 5.88 Å². The van der Waals surface area contributed by atoms with E-state index >= 15 is 0 Å². The molecule has 1 aromatic heterocycles. The summed E-state index contributed by atoms with van der Waals surface area (Å²) in [7, 11) is 1.54. The molecule has 1 N–H and O–H groups in total. The minimum Gasteiger partial charge on any atom is -0.493 e. The lowest BCUT2D eigenvalue weighted by atomic mass is 10.2. The molecule has 0 amide bonds. The van der Waals surface area contributed by atoms with Crippen LogP contribution in [0.3, 0.4) is 0 Å². The number of hydrogen-bond donors (Lipinski definition) is 1. The molecule has 1 aromatic carbocycles. The second-order valence-corrected chi connectivity index (χ2v) is 4.00. The van der Waals surface area contributed by atoms with E-state index < -0.39 is 0 Å². The Hall–Kier alpha value is -1.78. The first-order valence-corrected chi connectivity index (χ1v) is 5.68. The number of ether oxygens (including phenoxy) is 2. The van der Waals surface area contributed by atoms with Crippen LogP contribution in [0.4, 0.5) is 0 Å². The molecular formula is C13H12ClNO3. The predicted molar refractivity (Wildman–Crippen MR) is 68.2 cm³/mol. The van der Waals surface area contributed by atoms with Crippen molar-refractivity contribution in [3.05, 3.63) is 47.1 Å². The van der Waals surface area contributed by atoms with E-state index in [1.54, 1.807) is 37.4 Å². The first kappa shape index (κ1) is 12.7. The summed E-state index contributed by atoms with van der Waals surface area (Å²) in [4.78, 5) is 4.03. The van der Waals surface area contributed by atoms with Crippen molar-refractivity contribution in [2.24, 2.45) is 0 Å². The number of pyridine rings is 1. The van der Waals surface area contributed by atoms with Gasteiger partial charge in [0.05, 0.1) is 18.7 Å². The fourth-order valence-electron chi connectivity index (χ4n) is 1.43. The zero-order chi connectivity index (χ0) is 13.0. The van der Waals surface area contributed by atoms with Gasteiger partial charge in [-0.15, -0.1) is 0 Å². The van der Waals surface area contributed by atoms with Gasteiger partial charge in [0.25, 0.3) is 0 Å². The summed E-state index contributed by atoms with van der Waals surface area (Å²) in [6.45, 7) is -0.0458. The highest BCUT2D eigenvalue weighted by molar-refractivity contribution is 6.30. The van der Waals surface area contributed by atoms with Gasteiger partial charge in [-0.05, 0) is 23.8 Å². The number of rotatable bonds is 4. The van der Waals surface area contributed by atoms with E-state index in [2.05, 4.69) is 4.98 Å². The van der Waals surface area contributed by atoms with Crippen LogP contribution in [0.2, 0.25) is 5.02 Å². The molecule has 0 aliphatic rings. The molecule has 2 rings (SSSR count). The van der Waals surface area contributed by atoms with E-state index in [1.165, 1.54) is 6.20 Å². The normalized spacial score (nSPS) is 10.2. The number of benzene rings is 1. The molecule has 4 nitrogen and oxygen atoms in total. The summed E-state index contributed by atoms with van der Waals surface area (Å²) in [5, 5.41) is 9.59. The van der Waals surface area contributed by atoms with Gasteiger partial charge in [-0.1, -0.05) is 17.7 Å². The fraction of sp³-hybridized carbons (Fsp3) is 0.154. The average molecular weight is 266 g/mol. The monoisotopic (exact) mass is 265 g/mol. The number of methoxy groups -OCH3 is 1. The van der Waals surface area contributed by atoms with Gasteiger partial charge in [-0.25, -0.2) is 4.98 Å².